The molecule has 0 aromatic heterocycles. The molecular formula is C4HCl2F3. The Hall–Kier alpha value is -0.150. The largest absolute Gasteiger partial charge is 0.307 e. The summed E-state index contributed by atoms with van der Waals surface area (Å²) in [6.07, 6.45) is -2.48. The van der Waals surface area contributed by atoms with Gasteiger partial charge in [-0.05, 0) is 0 Å². The smallest absolute Gasteiger partial charge is 0.199 e. The van der Waals surface area contributed by atoms with Crippen LogP contribution in [0.5, 0.6) is 0 Å². The molecule has 0 saturated heterocycles. The van der Waals surface area contributed by atoms with Crippen molar-refractivity contribution in [2.45, 2.75) is 0 Å². The van der Waals surface area contributed by atoms with Crippen molar-refractivity contribution in [2.24, 2.45) is 0 Å². The fraction of sp³-hybridized carbons (Fsp3) is 0. The van der Waals surface area contributed by atoms with Gasteiger partial charge >= 0.3 is 6.08 Å². The quantitative estimate of drug-likeness (QED) is 0.538. The van der Waals surface area contributed by atoms with Crippen LogP contribution in [0.2, 0.25) is 0 Å². The molecule has 0 unspecified atom stereocenters. The molecule has 52 valence electrons. The minimum atomic E-state index is -2.48. The van der Waals surface area contributed by atoms with Crippen molar-refractivity contribution < 1.29 is 13.2 Å². The number of hydrogen-bond acceptors (Lipinski definition) is 0. The van der Waals surface area contributed by atoms with Gasteiger partial charge in [0.2, 0.25) is 5.83 Å². The average Bonchev–Trinajstić information content (AvgIpc) is 1.84. The molecule has 0 saturated carbocycles. The second-order valence-electron chi connectivity index (χ2n) is 1.03. The summed E-state index contributed by atoms with van der Waals surface area (Å²) in [5, 5.41) is -0.795. The first-order valence-corrected chi connectivity index (χ1v) is 2.58. The molecule has 0 N–H and O–H groups in total. The van der Waals surface area contributed by atoms with E-state index in [1.54, 1.807) is 0 Å². The van der Waals surface area contributed by atoms with E-state index in [9.17, 15) is 13.2 Å². The summed E-state index contributed by atoms with van der Waals surface area (Å²) in [7, 11) is 0. The molecule has 0 nitrogen and oxygen atoms in total. The van der Waals surface area contributed by atoms with Crippen LogP contribution in [0, 0.1) is 0 Å². The van der Waals surface area contributed by atoms with Gasteiger partial charge in [0.15, 0.2) is 0 Å². The third kappa shape index (κ3) is 2.77. The lowest BCUT2D eigenvalue weighted by Crippen LogP contribution is -1.72. The first-order chi connectivity index (χ1) is 4.09. The Morgan fingerprint density at radius 3 is 1.78 bits per heavy atom. The molecule has 0 rings (SSSR count). The van der Waals surface area contributed by atoms with Crippen LogP contribution in [-0.2, 0) is 0 Å². The Morgan fingerprint density at radius 1 is 1.22 bits per heavy atom. The Balaban J connectivity index is 4.40. The molecule has 5 heteroatoms. The molecule has 0 radical (unpaired) electrons. The van der Waals surface area contributed by atoms with Crippen LogP contribution in [0.1, 0.15) is 0 Å². The third-order valence-corrected chi connectivity index (χ3v) is 1.08. The Labute approximate surface area is 59.6 Å². The highest BCUT2D eigenvalue weighted by molar-refractivity contribution is 6.38. The fourth-order valence-corrected chi connectivity index (χ4v) is 0.305. The van der Waals surface area contributed by atoms with Crippen molar-refractivity contribution in [1.82, 2.24) is 0 Å². The molecule has 0 bridgehead atoms. The van der Waals surface area contributed by atoms with Gasteiger partial charge in [0, 0.05) is 5.54 Å². The fourth-order valence-electron chi connectivity index (χ4n) is 0.138. The van der Waals surface area contributed by atoms with Gasteiger partial charge in [-0.25, -0.2) is 0 Å². The second kappa shape index (κ2) is 3.80. The average molecular weight is 177 g/mol. The number of hydrogen-bond donors (Lipinski definition) is 0. The highest BCUT2D eigenvalue weighted by Crippen LogP contribution is 2.21. The summed E-state index contributed by atoms with van der Waals surface area (Å²) in [5.74, 6) is -1.79. The minimum Gasteiger partial charge on any atom is -0.199 e. The highest BCUT2D eigenvalue weighted by Gasteiger charge is 2.07. The molecule has 0 heterocycles. The van der Waals surface area contributed by atoms with E-state index in [4.69, 9.17) is 23.2 Å². The van der Waals surface area contributed by atoms with Crippen molar-refractivity contribution in [3.63, 3.8) is 0 Å². The monoisotopic (exact) mass is 176 g/mol. The van der Waals surface area contributed by atoms with Crippen LogP contribution in [0.25, 0.3) is 0 Å². The van der Waals surface area contributed by atoms with E-state index in [1.165, 1.54) is 0 Å². The van der Waals surface area contributed by atoms with Crippen LogP contribution in [0.3, 0.4) is 0 Å². The molecule has 9 heavy (non-hydrogen) atoms. The Morgan fingerprint density at radius 2 is 1.67 bits per heavy atom. The number of rotatable bonds is 1. The van der Waals surface area contributed by atoms with E-state index in [0.717, 1.165) is 0 Å². The zero-order valence-corrected chi connectivity index (χ0v) is 5.48. The maximum Gasteiger partial charge on any atom is 0.307 e. The van der Waals surface area contributed by atoms with Gasteiger partial charge in [0.25, 0.3) is 0 Å². The molecule has 0 aromatic carbocycles. The van der Waals surface area contributed by atoms with Gasteiger partial charge < -0.3 is 0 Å². The summed E-state index contributed by atoms with van der Waals surface area (Å²) in [6.45, 7) is 0. The van der Waals surface area contributed by atoms with Crippen LogP contribution in [0.15, 0.2) is 22.5 Å². The topological polar surface area (TPSA) is 0 Å². The molecular weight excluding hydrogens is 176 g/mol. The Bertz CT molecular complexity index is 157. The summed E-state index contributed by atoms with van der Waals surface area (Å²) in [5.41, 5.74) is 0.524. The van der Waals surface area contributed by atoms with Gasteiger partial charge in [-0.1, -0.05) is 23.2 Å². The van der Waals surface area contributed by atoms with E-state index in [-0.39, 0.29) is 0 Å². The van der Waals surface area contributed by atoms with Crippen molar-refractivity contribution in [3.05, 3.63) is 22.5 Å². The molecule has 0 spiro atoms. The highest BCUT2D eigenvalue weighted by atomic mass is 35.5. The second-order valence-corrected chi connectivity index (χ2v) is 1.66. The lowest BCUT2D eigenvalue weighted by molar-refractivity contribution is 0.386. The zero-order valence-electron chi connectivity index (χ0n) is 3.97. The minimum absolute atomic E-state index is 0.524. The lowest BCUT2D eigenvalue weighted by atomic mass is 10.6. The number of halogens is 5. The summed E-state index contributed by atoms with van der Waals surface area (Å²) >= 11 is 9.62. The Kier molecular flexibility index (Phi) is 3.73. The van der Waals surface area contributed by atoms with Crippen molar-refractivity contribution in [2.75, 3.05) is 0 Å². The predicted molar refractivity (Wildman–Crippen MR) is 30.1 cm³/mol. The molecule has 0 fully saturated rings. The van der Waals surface area contributed by atoms with E-state index in [1.807, 2.05) is 0 Å². The van der Waals surface area contributed by atoms with Crippen molar-refractivity contribution in [3.8, 4) is 0 Å². The first kappa shape index (κ1) is 8.85. The summed E-state index contributed by atoms with van der Waals surface area (Å²) in [6, 6.07) is 0. The van der Waals surface area contributed by atoms with Crippen LogP contribution >= 0.6 is 23.2 Å². The maximum absolute atomic E-state index is 11.8. The van der Waals surface area contributed by atoms with Gasteiger partial charge in [-0.2, -0.15) is 13.2 Å². The normalized spacial score (nSPS) is 11.4. The van der Waals surface area contributed by atoms with Gasteiger partial charge in [-0.15, -0.1) is 0 Å². The number of allylic oxidation sites excluding steroid dienone is 2. The third-order valence-electron chi connectivity index (χ3n) is 0.471. The molecule has 0 aromatic rings. The van der Waals surface area contributed by atoms with Gasteiger partial charge in [0.1, 0.15) is 0 Å². The van der Waals surface area contributed by atoms with Gasteiger partial charge in [-0.3, -0.25) is 0 Å². The van der Waals surface area contributed by atoms with Crippen LogP contribution < -0.4 is 0 Å². The molecule has 0 atom stereocenters. The SMILES string of the molecule is FC(F)=C(F)/C(Cl)=C/Cl. The molecule has 0 aliphatic carbocycles. The maximum atomic E-state index is 11.8. The van der Waals surface area contributed by atoms with Crippen molar-refractivity contribution >= 4 is 23.2 Å². The summed E-state index contributed by atoms with van der Waals surface area (Å²) < 4.78 is 34.1. The van der Waals surface area contributed by atoms with E-state index in [0.29, 0.717) is 5.54 Å². The van der Waals surface area contributed by atoms with Crippen LogP contribution in [-0.4, -0.2) is 0 Å². The zero-order chi connectivity index (χ0) is 7.44. The molecule has 0 aliphatic rings. The van der Waals surface area contributed by atoms with Crippen molar-refractivity contribution in [1.29, 1.82) is 0 Å². The van der Waals surface area contributed by atoms with Crippen LogP contribution in [0.4, 0.5) is 13.2 Å². The standard InChI is InChI=1S/C4HCl2F3/c5-1-2(6)3(7)4(8)9/h1H/b2-1-. The van der Waals surface area contributed by atoms with Gasteiger partial charge in [0.05, 0.1) is 5.03 Å². The van der Waals surface area contributed by atoms with E-state index in [2.05, 4.69) is 0 Å². The predicted octanol–water partition coefficient (Wildman–Crippen LogP) is 3.38. The van der Waals surface area contributed by atoms with E-state index >= 15 is 0 Å². The van der Waals surface area contributed by atoms with E-state index < -0.39 is 16.9 Å². The first-order valence-electron chi connectivity index (χ1n) is 1.76. The summed E-state index contributed by atoms with van der Waals surface area (Å²) in [4.78, 5) is 0. The molecule has 0 aliphatic heterocycles. The lowest BCUT2D eigenvalue weighted by Gasteiger charge is -1.87. The molecule has 0 amide bonds.